The van der Waals surface area contributed by atoms with E-state index in [-0.39, 0.29) is 0 Å². The summed E-state index contributed by atoms with van der Waals surface area (Å²) < 4.78 is 5.42. The second-order valence-electron chi connectivity index (χ2n) is 5.63. The van der Waals surface area contributed by atoms with E-state index in [1.54, 1.807) is 7.11 Å². The molecule has 140 valence electrons. The molecule has 2 aromatic rings. The van der Waals surface area contributed by atoms with Gasteiger partial charge in [-0.25, -0.2) is 9.59 Å². The van der Waals surface area contributed by atoms with Gasteiger partial charge in [-0.1, -0.05) is 37.3 Å². The molecule has 0 saturated carbocycles. The molecule has 0 aliphatic rings. The van der Waals surface area contributed by atoms with Crippen LogP contribution < -0.4 is 4.74 Å². The summed E-state index contributed by atoms with van der Waals surface area (Å²) in [6.45, 7) is 4.37. The number of ether oxygens (including phenoxy) is 1. The maximum absolute atomic E-state index is 9.55. The highest BCUT2D eigenvalue weighted by molar-refractivity contribution is 5.91. The van der Waals surface area contributed by atoms with Crippen LogP contribution in [0.1, 0.15) is 12.5 Å². The lowest BCUT2D eigenvalue weighted by atomic mass is 10.0. The highest BCUT2D eigenvalue weighted by atomic mass is 16.5. The first-order chi connectivity index (χ1) is 12.4. The average Bonchev–Trinajstić information content (AvgIpc) is 2.64. The predicted octanol–water partition coefficient (Wildman–Crippen LogP) is 3.05. The van der Waals surface area contributed by atoms with E-state index in [0.29, 0.717) is 12.2 Å². The zero-order valence-corrected chi connectivity index (χ0v) is 15.3. The summed E-state index contributed by atoms with van der Waals surface area (Å²) in [5, 5.41) is 18.1. The molecule has 2 aromatic carbocycles. The molecule has 0 fully saturated rings. The van der Waals surface area contributed by atoms with Crippen molar-refractivity contribution in [2.75, 3.05) is 27.2 Å². The van der Waals surface area contributed by atoms with Crippen molar-refractivity contribution in [1.29, 1.82) is 0 Å². The van der Waals surface area contributed by atoms with Gasteiger partial charge < -0.3 is 19.8 Å². The van der Waals surface area contributed by atoms with Crippen LogP contribution in [0.4, 0.5) is 0 Å². The Labute approximate surface area is 153 Å². The van der Waals surface area contributed by atoms with E-state index in [1.807, 2.05) is 0 Å². The molecular formula is C20H25NO5. The Morgan fingerprint density at radius 2 is 1.62 bits per heavy atom. The molecule has 0 amide bonds. The molecule has 0 aliphatic heterocycles. The van der Waals surface area contributed by atoms with Crippen molar-refractivity contribution >= 4 is 22.7 Å². The largest absolute Gasteiger partial charge is 0.496 e. The van der Waals surface area contributed by atoms with Gasteiger partial charge in [0.2, 0.25) is 0 Å². The number of aliphatic carboxylic acids is 2. The fourth-order valence-corrected chi connectivity index (χ4v) is 2.34. The lowest BCUT2D eigenvalue weighted by Gasteiger charge is -2.15. The topological polar surface area (TPSA) is 87.1 Å². The third-order valence-corrected chi connectivity index (χ3v) is 3.87. The predicted molar refractivity (Wildman–Crippen MR) is 102 cm³/mol. The zero-order chi connectivity index (χ0) is 19.5. The standard InChI is InChI=1S/C16H21NO.C4H4O4/c1-4-17(2)12-11-13-9-10-16(18-3)15-8-6-5-7-14(13)15;5-3(6)1-2-4(7)8/h5-10H,4,11-12H2,1-3H3;1-2H,(H,5,6)(H,7,8)/b;2-1+. The molecule has 6 heteroatoms. The van der Waals surface area contributed by atoms with Crippen molar-refractivity contribution in [3.8, 4) is 5.75 Å². The van der Waals surface area contributed by atoms with E-state index in [2.05, 4.69) is 55.3 Å². The molecular weight excluding hydrogens is 334 g/mol. The quantitative estimate of drug-likeness (QED) is 0.739. The number of carboxylic acids is 2. The van der Waals surface area contributed by atoms with Crippen LogP contribution in [0, 0.1) is 0 Å². The molecule has 0 heterocycles. The molecule has 0 atom stereocenters. The molecule has 0 bridgehead atoms. The van der Waals surface area contributed by atoms with Gasteiger partial charge in [0.15, 0.2) is 0 Å². The van der Waals surface area contributed by atoms with Crippen molar-refractivity contribution in [3.63, 3.8) is 0 Å². The van der Waals surface area contributed by atoms with Gasteiger partial charge in [-0.2, -0.15) is 0 Å². The molecule has 2 N–H and O–H groups in total. The minimum atomic E-state index is -1.26. The molecule has 0 aromatic heterocycles. The molecule has 0 radical (unpaired) electrons. The molecule has 0 spiro atoms. The van der Waals surface area contributed by atoms with Gasteiger partial charge >= 0.3 is 11.9 Å². The number of rotatable bonds is 7. The van der Waals surface area contributed by atoms with Gasteiger partial charge in [-0.3, -0.25) is 0 Å². The molecule has 0 unspecified atom stereocenters. The van der Waals surface area contributed by atoms with Gasteiger partial charge in [-0.05, 0) is 37.0 Å². The summed E-state index contributed by atoms with van der Waals surface area (Å²) >= 11 is 0. The maximum Gasteiger partial charge on any atom is 0.328 e. The van der Waals surface area contributed by atoms with E-state index >= 15 is 0 Å². The first kappa shape index (κ1) is 21.2. The molecule has 26 heavy (non-hydrogen) atoms. The normalized spacial score (nSPS) is 10.6. The number of likely N-dealkylation sites (N-methyl/N-ethyl adjacent to an activating group) is 1. The number of carboxylic acid groups (broad SMARTS) is 2. The van der Waals surface area contributed by atoms with Crippen LogP contribution in [0.15, 0.2) is 48.6 Å². The molecule has 6 nitrogen and oxygen atoms in total. The lowest BCUT2D eigenvalue weighted by molar-refractivity contribution is -0.134. The van der Waals surface area contributed by atoms with Crippen molar-refractivity contribution in [3.05, 3.63) is 54.1 Å². The number of nitrogens with zero attached hydrogens (tertiary/aromatic N) is 1. The van der Waals surface area contributed by atoms with E-state index < -0.39 is 11.9 Å². The van der Waals surface area contributed by atoms with Crippen molar-refractivity contribution in [2.45, 2.75) is 13.3 Å². The van der Waals surface area contributed by atoms with Gasteiger partial charge in [0.05, 0.1) is 7.11 Å². The third-order valence-electron chi connectivity index (χ3n) is 3.87. The first-order valence-electron chi connectivity index (χ1n) is 8.26. The van der Waals surface area contributed by atoms with E-state index in [4.69, 9.17) is 14.9 Å². The number of methoxy groups -OCH3 is 1. The zero-order valence-electron chi connectivity index (χ0n) is 15.3. The maximum atomic E-state index is 9.55. The van der Waals surface area contributed by atoms with Gasteiger partial charge in [-0.15, -0.1) is 0 Å². The van der Waals surface area contributed by atoms with Crippen molar-refractivity contribution < 1.29 is 24.5 Å². The summed E-state index contributed by atoms with van der Waals surface area (Å²) in [4.78, 5) is 21.4. The third kappa shape index (κ3) is 6.94. The number of hydrogen-bond acceptors (Lipinski definition) is 4. The summed E-state index contributed by atoms with van der Waals surface area (Å²) in [7, 11) is 3.89. The highest BCUT2D eigenvalue weighted by Gasteiger charge is 2.06. The number of hydrogen-bond donors (Lipinski definition) is 2. The summed E-state index contributed by atoms with van der Waals surface area (Å²) in [6.07, 6.45) is 2.19. The lowest BCUT2D eigenvalue weighted by Crippen LogP contribution is -2.20. The number of carbonyl (C=O) groups is 2. The minimum absolute atomic E-state index is 0.558. The SMILES string of the molecule is CCN(C)CCc1ccc(OC)c2ccccc12.O=C(O)/C=C/C(=O)O. The van der Waals surface area contributed by atoms with Crippen LogP contribution in [0.25, 0.3) is 10.8 Å². The van der Waals surface area contributed by atoms with Crippen molar-refractivity contribution in [1.82, 2.24) is 4.90 Å². The highest BCUT2D eigenvalue weighted by Crippen LogP contribution is 2.28. The molecule has 0 saturated heterocycles. The second-order valence-corrected chi connectivity index (χ2v) is 5.63. The summed E-state index contributed by atoms with van der Waals surface area (Å²) in [5.74, 6) is -1.56. The van der Waals surface area contributed by atoms with Gasteiger partial charge in [0.1, 0.15) is 5.75 Å². The van der Waals surface area contributed by atoms with Gasteiger partial charge in [0, 0.05) is 24.1 Å². The Hall–Kier alpha value is -2.86. The number of benzene rings is 2. The molecule has 2 rings (SSSR count). The van der Waals surface area contributed by atoms with Crippen LogP contribution in [0.2, 0.25) is 0 Å². The van der Waals surface area contributed by atoms with Crippen LogP contribution >= 0.6 is 0 Å². The fraction of sp³-hybridized carbons (Fsp3) is 0.300. The first-order valence-corrected chi connectivity index (χ1v) is 8.26. The number of fused-ring (bicyclic) bond motifs is 1. The van der Waals surface area contributed by atoms with Crippen LogP contribution in [-0.4, -0.2) is 54.3 Å². The van der Waals surface area contributed by atoms with E-state index in [0.717, 1.165) is 25.3 Å². The monoisotopic (exact) mass is 359 g/mol. The summed E-state index contributed by atoms with van der Waals surface area (Å²) in [6, 6.07) is 12.7. The Morgan fingerprint density at radius 1 is 1.04 bits per heavy atom. The smallest absolute Gasteiger partial charge is 0.328 e. The average molecular weight is 359 g/mol. The molecule has 0 aliphatic carbocycles. The van der Waals surface area contributed by atoms with Crippen LogP contribution in [0.3, 0.4) is 0 Å². The minimum Gasteiger partial charge on any atom is -0.496 e. The van der Waals surface area contributed by atoms with E-state index in [1.165, 1.54) is 16.3 Å². The van der Waals surface area contributed by atoms with Gasteiger partial charge in [0.25, 0.3) is 0 Å². The Bertz CT molecular complexity index is 754. The Kier molecular flexibility index (Phi) is 8.87. The van der Waals surface area contributed by atoms with Crippen LogP contribution in [-0.2, 0) is 16.0 Å². The summed E-state index contributed by atoms with van der Waals surface area (Å²) in [5.41, 5.74) is 1.40. The Morgan fingerprint density at radius 3 is 2.12 bits per heavy atom. The Balaban J connectivity index is 0.000000359. The van der Waals surface area contributed by atoms with Crippen LogP contribution in [0.5, 0.6) is 5.75 Å². The van der Waals surface area contributed by atoms with Crippen molar-refractivity contribution in [2.24, 2.45) is 0 Å². The second kappa shape index (κ2) is 10.9. The fourth-order valence-electron chi connectivity index (χ4n) is 2.34. The van der Waals surface area contributed by atoms with E-state index in [9.17, 15) is 9.59 Å².